The van der Waals surface area contributed by atoms with Gasteiger partial charge in [-0.15, -0.1) is 16.8 Å². The number of rotatable bonds is 9. The smallest absolute Gasteiger partial charge is 0.234 e. The number of thioether (sulfide) groups is 1. The summed E-state index contributed by atoms with van der Waals surface area (Å²) in [5.41, 5.74) is 0.540. The van der Waals surface area contributed by atoms with Crippen LogP contribution in [0, 0.1) is 5.82 Å². The molecule has 0 aliphatic carbocycles. The van der Waals surface area contributed by atoms with E-state index < -0.39 is 5.82 Å². The van der Waals surface area contributed by atoms with Gasteiger partial charge in [0.15, 0.2) is 11.0 Å². The lowest BCUT2D eigenvalue weighted by Gasteiger charge is -2.10. The van der Waals surface area contributed by atoms with E-state index in [-0.39, 0.29) is 23.3 Å². The Morgan fingerprint density at radius 3 is 2.68 bits per heavy atom. The second-order valence-electron chi connectivity index (χ2n) is 6.13. The predicted molar refractivity (Wildman–Crippen MR) is 122 cm³/mol. The van der Waals surface area contributed by atoms with E-state index >= 15 is 0 Å². The fourth-order valence-electron chi connectivity index (χ4n) is 2.48. The van der Waals surface area contributed by atoms with Gasteiger partial charge in [-0.2, -0.15) is 0 Å². The molecule has 0 atom stereocenters. The second kappa shape index (κ2) is 10.9. The number of aromatic nitrogens is 3. The summed E-state index contributed by atoms with van der Waals surface area (Å²) < 4.78 is 20.6. The SMILES string of the molecule is C=CCn1c(COc2ccc(F)cc2Cl)nnc1SCC(=O)Nc1ccc(Cl)c(Cl)c1. The van der Waals surface area contributed by atoms with Gasteiger partial charge < -0.3 is 10.1 Å². The highest BCUT2D eigenvalue weighted by atomic mass is 35.5. The maximum atomic E-state index is 13.2. The number of nitrogens with one attached hydrogen (secondary N) is 1. The maximum Gasteiger partial charge on any atom is 0.234 e. The van der Waals surface area contributed by atoms with Crippen LogP contribution in [0.15, 0.2) is 54.2 Å². The molecule has 0 radical (unpaired) electrons. The lowest BCUT2D eigenvalue weighted by Crippen LogP contribution is -2.15. The molecule has 162 valence electrons. The first kappa shape index (κ1) is 23.4. The number of benzene rings is 2. The van der Waals surface area contributed by atoms with Crippen LogP contribution in [0.2, 0.25) is 15.1 Å². The summed E-state index contributed by atoms with van der Waals surface area (Å²) in [4.78, 5) is 12.3. The summed E-state index contributed by atoms with van der Waals surface area (Å²) >= 11 is 19.0. The molecule has 0 spiro atoms. The fraction of sp³-hybridized carbons (Fsp3) is 0.150. The lowest BCUT2D eigenvalue weighted by molar-refractivity contribution is -0.113. The molecular formula is C20H16Cl3FN4O2S. The van der Waals surface area contributed by atoms with Crippen LogP contribution >= 0.6 is 46.6 Å². The Labute approximate surface area is 197 Å². The summed E-state index contributed by atoms with van der Waals surface area (Å²) in [6.07, 6.45) is 1.68. The average molecular weight is 502 g/mol. The zero-order valence-corrected chi connectivity index (χ0v) is 19.0. The molecule has 1 aromatic heterocycles. The molecule has 2 aromatic carbocycles. The molecule has 3 rings (SSSR count). The van der Waals surface area contributed by atoms with E-state index in [9.17, 15) is 9.18 Å². The van der Waals surface area contributed by atoms with Crippen LogP contribution in [0.5, 0.6) is 5.75 Å². The second-order valence-corrected chi connectivity index (χ2v) is 8.29. The summed E-state index contributed by atoms with van der Waals surface area (Å²) in [6, 6.07) is 8.69. The molecule has 6 nitrogen and oxygen atoms in total. The molecule has 0 unspecified atom stereocenters. The van der Waals surface area contributed by atoms with Gasteiger partial charge >= 0.3 is 0 Å². The van der Waals surface area contributed by atoms with Crippen molar-refractivity contribution < 1.29 is 13.9 Å². The number of hydrogen-bond acceptors (Lipinski definition) is 5. The van der Waals surface area contributed by atoms with E-state index in [0.29, 0.717) is 39.0 Å². The minimum atomic E-state index is -0.454. The summed E-state index contributed by atoms with van der Waals surface area (Å²) in [6.45, 7) is 4.21. The maximum absolute atomic E-state index is 13.2. The van der Waals surface area contributed by atoms with Crippen molar-refractivity contribution in [2.45, 2.75) is 18.3 Å². The van der Waals surface area contributed by atoms with Crippen molar-refractivity contribution in [3.63, 3.8) is 0 Å². The zero-order chi connectivity index (χ0) is 22.4. The molecule has 11 heteroatoms. The third-order valence-electron chi connectivity index (χ3n) is 3.89. The van der Waals surface area contributed by atoms with Crippen LogP contribution in [-0.4, -0.2) is 26.4 Å². The third kappa shape index (κ3) is 6.36. The van der Waals surface area contributed by atoms with Gasteiger partial charge in [0.25, 0.3) is 0 Å². The number of anilines is 1. The number of nitrogens with zero attached hydrogens (tertiary/aromatic N) is 3. The quantitative estimate of drug-likeness (QED) is 0.293. The number of ether oxygens (including phenoxy) is 1. The van der Waals surface area contributed by atoms with Gasteiger partial charge in [0.1, 0.15) is 18.2 Å². The molecule has 0 saturated heterocycles. The van der Waals surface area contributed by atoms with E-state index in [1.807, 2.05) is 0 Å². The molecule has 0 bridgehead atoms. The number of carbonyl (C=O) groups excluding carboxylic acids is 1. The van der Waals surface area contributed by atoms with E-state index in [1.54, 1.807) is 28.8 Å². The molecule has 0 saturated carbocycles. The van der Waals surface area contributed by atoms with E-state index in [1.165, 1.54) is 30.0 Å². The third-order valence-corrected chi connectivity index (χ3v) is 5.89. The van der Waals surface area contributed by atoms with E-state index in [0.717, 1.165) is 0 Å². The lowest BCUT2D eigenvalue weighted by atomic mass is 10.3. The van der Waals surface area contributed by atoms with Gasteiger partial charge in [-0.3, -0.25) is 9.36 Å². The zero-order valence-electron chi connectivity index (χ0n) is 15.9. The van der Waals surface area contributed by atoms with Crippen LogP contribution in [0.1, 0.15) is 5.82 Å². The Kier molecular flexibility index (Phi) is 8.20. The summed E-state index contributed by atoms with van der Waals surface area (Å²) in [7, 11) is 0. The fourth-order valence-corrected chi connectivity index (χ4v) is 3.77. The number of carbonyl (C=O) groups is 1. The average Bonchev–Trinajstić information content (AvgIpc) is 3.10. The number of allylic oxidation sites excluding steroid dienone is 1. The Bertz CT molecular complexity index is 1110. The number of amides is 1. The van der Waals surface area contributed by atoms with Crippen molar-refractivity contribution in [3.05, 3.63) is 75.8 Å². The Morgan fingerprint density at radius 1 is 1.16 bits per heavy atom. The molecular weight excluding hydrogens is 486 g/mol. The van der Waals surface area contributed by atoms with Crippen molar-refractivity contribution in [3.8, 4) is 5.75 Å². The van der Waals surface area contributed by atoms with Crippen LogP contribution in [0.3, 0.4) is 0 Å². The first-order valence-electron chi connectivity index (χ1n) is 8.86. The number of halogens is 4. The van der Waals surface area contributed by atoms with Crippen molar-refractivity contribution in [1.82, 2.24) is 14.8 Å². The topological polar surface area (TPSA) is 69.0 Å². The monoisotopic (exact) mass is 500 g/mol. The van der Waals surface area contributed by atoms with Gasteiger partial charge in [-0.25, -0.2) is 4.39 Å². The normalized spacial score (nSPS) is 10.7. The van der Waals surface area contributed by atoms with Crippen LogP contribution in [0.4, 0.5) is 10.1 Å². The first-order valence-corrected chi connectivity index (χ1v) is 11.0. The van der Waals surface area contributed by atoms with E-state index in [4.69, 9.17) is 39.5 Å². The Balaban J connectivity index is 1.63. The minimum absolute atomic E-state index is 0.0578. The predicted octanol–water partition coefficient (Wildman–Crippen LogP) is 5.87. The molecule has 31 heavy (non-hydrogen) atoms. The van der Waals surface area contributed by atoms with E-state index in [2.05, 4.69) is 22.1 Å². The van der Waals surface area contributed by atoms with Crippen LogP contribution in [-0.2, 0) is 17.9 Å². The first-order chi connectivity index (χ1) is 14.9. The van der Waals surface area contributed by atoms with Crippen molar-refractivity contribution in [2.75, 3.05) is 11.1 Å². The van der Waals surface area contributed by atoms with Crippen LogP contribution in [0.25, 0.3) is 0 Å². The molecule has 0 aliphatic rings. The molecule has 1 heterocycles. The van der Waals surface area contributed by atoms with Gasteiger partial charge in [-0.05, 0) is 36.4 Å². The Morgan fingerprint density at radius 2 is 1.97 bits per heavy atom. The Hall–Kier alpha value is -2.26. The number of hydrogen-bond donors (Lipinski definition) is 1. The standard InChI is InChI=1S/C20H16Cl3FN4O2S/c1-2-7-28-18(10-30-17-6-3-12(24)8-16(17)23)26-27-20(28)31-11-19(29)25-13-4-5-14(21)15(22)9-13/h2-6,8-9H,1,7,10-11H2,(H,25,29). The van der Waals surface area contributed by atoms with Crippen molar-refractivity contribution >= 4 is 58.2 Å². The molecule has 1 amide bonds. The highest BCUT2D eigenvalue weighted by Crippen LogP contribution is 2.27. The van der Waals surface area contributed by atoms with Crippen molar-refractivity contribution in [2.24, 2.45) is 0 Å². The minimum Gasteiger partial charge on any atom is -0.484 e. The largest absolute Gasteiger partial charge is 0.484 e. The molecule has 3 aromatic rings. The highest BCUT2D eigenvalue weighted by Gasteiger charge is 2.15. The molecule has 0 aliphatic heterocycles. The van der Waals surface area contributed by atoms with Crippen LogP contribution < -0.4 is 10.1 Å². The van der Waals surface area contributed by atoms with Gasteiger partial charge in [0.05, 0.1) is 20.8 Å². The van der Waals surface area contributed by atoms with Gasteiger partial charge in [-0.1, -0.05) is 52.6 Å². The highest BCUT2D eigenvalue weighted by molar-refractivity contribution is 7.99. The van der Waals surface area contributed by atoms with Gasteiger partial charge in [0.2, 0.25) is 5.91 Å². The van der Waals surface area contributed by atoms with Crippen molar-refractivity contribution in [1.29, 1.82) is 0 Å². The summed E-state index contributed by atoms with van der Waals surface area (Å²) in [5, 5.41) is 12.4. The molecule has 1 N–H and O–H groups in total. The molecule has 0 fully saturated rings. The summed E-state index contributed by atoms with van der Waals surface area (Å²) in [5.74, 6) is 0.233. The van der Waals surface area contributed by atoms with Gasteiger partial charge in [0, 0.05) is 12.2 Å².